The number of carboxylic acid groups (broad SMARTS) is 1. The van der Waals surface area contributed by atoms with Gasteiger partial charge in [-0.3, -0.25) is 0 Å². The Kier molecular flexibility index (Phi) is 6.42. The van der Waals surface area contributed by atoms with Crippen LogP contribution in [0, 0.1) is 0 Å². The molecule has 0 fully saturated rings. The number of anilines is 1. The second-order valence-corrected chi connectivity index (χ2v) is 4.74. The van der Waals surface area contributed by atoms with Crippen LogP contribution in [0.3, 0.4) is 0 Å². The molecule has 0 saturated carbocycles. The summed E-state index contributed by atoms with van der Waals surface area (Å²) in [6.45, 7) is 3.87. The molecule has 0 atom stereocenters. The highest BCUT2D eigenvalue weighted by Crippen LogP contribution is 2.13. The summed E-state index contributed by atoms with van der Waals surface area (Å²) < 4.78 is 0. The van der Waals surface area contributed by atoms with Gasteiger partial charge < -0.3 is 20.4 Å². The van der Waals surface area contributed by atoms with Gasteiger partial charge in [0.05, 0.1) is 6.61 Å². The van der Waals surface area contributed by atoms with Crippen molar-refractivity contribution < 1.29 is 19.8 Å². The van der Waals surface area contributed by atoms with E-state index >= 15 is 0 Å². The molecule has 2 amide bonds. The number of urea groups is 1. The third kappa shape index (κ3) is 5.66. The van der Waals surface area contributed by atoms with Crippen LogP contribution in [-0.4, -0.2) is 46.3 Å². The molecule has 1 aromatic rings. The number of aliphatic carboxylic acids is 1. The minimum absolute atomic E-state index is 0.0350. The van der Waals surface area contributed by atoms with Gasteiger partial charge in [0.1, 0.15) is 0 Å². The third-order valence-electron chi connectivity index (χ3n) is 2.78. The Balaban J connectivity index is 2.80. The van der Waals surface area contributed by atoms with Crippen LogP contribution in [-0.2, 0) is 4.79 Å². The molecular weight excluding hydrogens is 272 g/mol. The van der Waals surface area contributed by atoms with E-state index in [1.54, 1.807) is 24.3 Å². The highest BCUT2D eigenvalue weighted by atomic mass is 16.4. The van der Waals surface area contributed by atoms with Crippen molar-refractivity contribution in [2.75, 3.05) is 18.5 Å². The first kappa shape index (κ1) is 16.7. The summed E-state index contributed by atoms with van der Waals surface area (Å²) in [5, 5.41) is 20.3. The largest absolute Gasteiger partial charge is 0.478 e. The van der Waals surface area contributed by atoms with Gasteiger partial charge in [0, 0.05) is 24.4 Å². The van der Waals surface area contributed by atoms with Crippen molar-refractivity contribution in [3.63, 3.8) is 0 Å². The molecule has 0 radical (unpaired) electrons. The van der Waals surface area contributed by atoms with E-state index in [1.807, 2.05) is 13.8 Å². The molecule has 0 spiro atoms. The van der Waals surface area contributed by atoms with E-state index in [9.17, 15) is 9.59 Å². The van der Waals surface area contributed by atoms with Gasteiger partial charge in [0.15, 0.2) is 0 Å². The number of nitrogens with zero attached hydrogens (tertiary/aromatic N) is 1. The summed E-state index contributed by atoms with van der Waals surface area (Å²) in [5.41, 5.74) is 1.24. The normalized spacial score (nSPS) is 10.9. The summed E-state index contributed by atoms with van der Waals surface area (Å²) in [7, 11) is 0. The second-order valence-electron chi connectivity index (χ2n) is 4.74. The smallest absolute Gasteiger partial charge is 0.328 e. The van der Waals surface area contributed by atoms with Gasteiger partial charge in [0.25, 0.3) is 0 Å². The minimum atomic E-state index is -1.03. The first-order valence-corrected chi connectivity index (χ1v) is 6.63. The fourth-order valence-corrected chi connectivity index (χ4v) is 1.78. The lowest BCUT2D eigenvalue weighted by Crippen LogP contribution is -2.41. The second kappa shape index (κ2) is 8.06. The van der Waals surface area contributed by atoms with Gasteiger partial charge in [-0.05, 0) is 37.6 Å². The van der Waals surface area contributed by atoms with Crippen LogP contribution >= 0.6 is 0 Å². The van der Waals surface area contributed by atoms with E-state index in [2.05, 4.69) is 5.32 Å². The zero-order valence-electron chi connectivity index (χ0n) is 12.1. The third-order valence-corrected chi connectivity index (χ3v) is 2.78. The number of carbonyl (C=O) groups excluding carboxylic acids is 1. The molecule has 6 nitrogen and oxygen atoms in total. The lowest BCUT2D eigenvalue weighted by atomic mass is 10.2. The van der Waals surface area contributed by atoms with Crippen molar-refractivity contribution in [3.8, 4) is 0 Å². The highest BCUT2D eigenvalue weighted by molar-refractivity contribution is 5.90. The van der Waals surface area contributed by atoms with Crippen LogP contribution in [0.25, 0.3) is 6.08 Å². The Morgan fingerprint density at radius 2 is 2.10 bits per heavy atom. The van der Waals surface area contributed by atoms with Gasteiger partial charge in [-0.1, -0.05) is 12.1 Å². The molecule has 0 aliphatic carbocycles. The van der Waals surface area contributed by atoms with Crippen molar-refractivity contribution in [3.05, 3.63) is 35.9 Å². The van der Waals surface area contributed by atoms with Gasteiger partial charge >= 0.3 is 12.0 Å². The molecule has 0 bridgehead atoms. The number of hydrogen-bond donors (Lipinski definition) is 3. The van der Waals surface area contributed by atoms with Crippen LogP contribution < -0.4 is 5.32 Å². The van der Waals surface area contributed by atoms with E-state index in [0.29, 0.717) is 11.3 Å². The van der Waals surface area contributed by atoms with Crippen LogP contribution in [0.15, 0.2) is 30.3 Å². The van der Waals surface area contributed by atoms with Crippen LogP contribution in [0.1, 0.15) is 19.4 Å². The van der Waals surface area contributed by atoms with Crippen molar-refractivity contribution in [1.82, 2.24) is 4.90 Å². The summed E-state index contributed by atoms with van der Waals surface area (Å²) in [5.74, 6) is -1.03. The molecule has 1 rings (SSSR count). The summed E-state index contributed by atoms with van der Waals surface area (Å²) in [6, 6.07) is 6.51. The standard InChI is InChI=1S/C15H20N2O4/c1-11(2)17(8-9-18)15(21)16-13-5-3-4-12(10-13)6-7-14(19)20/h3-7,10-11,18H,8-9H2,1-2H3,(H,16,21)(H,19,20)/b7-6+. The number of nitrogens with one attached hydrogen (secondary N) is 1. The van der Waals surface area contributed by atoms with Gasteiger partial charge in [-0.25, -0.2) is 9.59 Å². The van der Waals surface area contributed by atoms with Gasteiger partial charge in [0.2, 0.25) is 0 Å². The molecule has 6 heteroatoms. The van der Waals surface area contributed by atoms with Gasteiger partial charge in [-0.15, -0.1) is 0 Å². The number of carboxylic acids is 1. The lowest BCUT2D eigenvalue weighted by Gasteiger charge is -2.26. The average molecular weight is 292 g/mol. The van der Waals surface area contributed by atoms with E-state index in [0.717, 1.165) is 6.08 Å². The Morgan fingerprint density at radius 3 is 2.67 bits per heavy atom. The molecule has 0 saturated heterocycles. The molecule has 3 N–H and O–H groups in total. The number of benzene rings is 1. The van der Waals surface area contributed by atoms with Crippen molar-refractivity contribution in [1.29, 1.82) is 0 Å². The predicted molar refractivity (Wildman–Crippen MR) is 81.1 cm³/mol. The SMILES string of the molecule is CC(C)N(CCO)C(=O)Nc1cccc(/C=C/C(=O)O)c1. The first-order valence-electron chi connectivity index (χ1n) is 6.63. The topological polar surface area (TPSA) is 89.9 Å². The zero-order chi connectivity index (χ0) is 15.8. The maximum Gasteiger partial charge on any atom is 0.328 e. The van der Waals surface area contributed by atoms with Crippen LogP contribution in [0.5, 0.6) is 0 Å². The quantitative estimate of drug-likeness (QED) is 0.700. The number of rotatable bonds is 6. The Morgan fingerprint density at radius 1 is 1.38 bits per heavy atom. The van der Waals surface area contributed by atoms with E-state index in [-0.39, 0.29) is 25.2 Å². The fraction of sp³-hybridized carbons (Fsp3) is 0.333. The fourth-order valence-electron chi connectivity index (χ4n) is 1.78. The van der Waals surface area contributed by atoms with E-state index < -0.39 is 5.97 Å². The minimum Gasteiger partial charge on any atom is -0.478 e. The summed E-state index contributed by atoms with van der Waals surface area (Å²) >= 11 is 0. The Bertz CT molecular complexity index is 526. The zero-order valence-corrected chi connectivity index (χ0v) is 12.1. The monoisotopic (exact) mass is 292 g/mol. The molecule has 0 heterocycles. The summed E-state index contributed by atoms with van der Waals surface area (Å²) in [6.07, 6.45) is 2.49. The number of amides is 2. The molecule has 0 aliphatic heterocycles. The Hall–Kier alpha value is -2.34. The van der Waals surface area contributed by atoms with E-state index in [1.165, 1.54) is 11.0 Å². The number of aliphatic hydroxyl groups excluding tert-OH is 1. The maximum atomic E-state index is 12.1. The molecule has 1 aromatic carbocycles. The summed E-state index contributed by atoms with van der Waals surface area (Å²) in [4.78, 5) is 24.1. The van der Waals surface area contributed by atoms with Crippen LogP contribution in [0.4, 0.5) is 10.5 Å². The molecular formula is C15H20N2O4. The number of carbonyl (C=O) groups is 2. The molecule has 0 aliphatic rings. The van der Waals surface area contributed by atoms with E-state index in [4.69, 9.17) is 10.2 Å². The number of aliphatic hydroxyl groups is 1. The molecule has 0 aromatic heterocycles. The molecule has 21 heavy (non-hydrogen) atoms. The first-order chi connectivity index (χ1) is 9.93. The van der Waals surface area contributed by atoms with Crippen LogP contribution in [0.2, 0.25) is 0 Å². The average Bonchev–Trinajstić information content (AvgIpc) is 2.42. The highest BCUT2D eigenvalue weighted by Gasteiger charge is 2.16. The molecule has 114 valence electrons. The lowest BCUT2D eigenvalue weighted by molar-refractivity contribution is -0.131. The predicted octanol–water partition coefficient (Wildman–Crippen LogP) is 2.02. The maximum absolute atomic E-state index is 12.1. The van der Waals surface area contributed by atoms with Gasteiger partial charge in [-0.2, -0.15) is 0 Å². The van der Waals surface area contributed by atoms with Crippen molar-refractivity contribution in [2.24, 2.45) is 0 Å². The Labute approximate surface area is 123 Å². The molecule has 0 unspecified atom stereocenters. The van der Waals surface area contributed by atoms with Crippen molar-refractivity contribution in [2.45, 2.75) is 19.9 Å². The number of hydrogen-bond acceptors (Lipinski definition) is 3. The van der Waals surface area contributed by atoms with Crippen molar-refractivity contribution >= 4 is 23.8 Å².